The molecule has 0 fully saturated rings. The number of rotatable bonds is 4. The van der Waals surface area contributed by atoms with Crippen molar-refractivity contribution in [2.45, 2.75) is 6.92 Å². The van der Waals surface area contributed by atoms with E-state index in [4.69, 9.17) is 4.74 Å². The van der Waals surface area contributed by atoms with Gasteiger partial charge in [-0.2, -0.15) is 0 Å². The number of aliphatic imine (C=N–C) groups is 1. The van der Waals surface area contributed by atoms with Crippen molar-refractivity contribution < 1.29 is 4.74 Å². The average molecular weight is 251 g/mol. The summed E-state index contributed by atoms with van der Waals surface area (Å²) in [7, 11) is 1.73. The van der Waals surface area contributed by atoms with E-state index in [9.17, 15) is 0 Å². The van der Waals surface area contributed by atoms with Crippen molar-refractivity contribution in [3.63, 3.8) is 0 Å². The highest BCUT2D eigenvalue weighted by atomic mass is 16.5. The van der Waals surface area contributed by atoms with Gasteiger partial charge in [0.25, 0.3) is 0 Å². The molecule has 0 radical (unpaired) electrons. The van der Waals surface area contributed by atoms with Gasteiger partial charge in [0.2, 0.25) is 0 Å². The Morgan fingerprint density at radius 2 is 1.63 bits per heavy atom. The summed E-state index contributed by atoms with van der Waals surface area (Å²) in [6, 6.07) is 18.2. The lowest BCUT2D eigenvalue weighted by Crippen LogP contribution is -1.92. The van der Waals surface area contributed by atoms with Gasteiger partial charge in [-0.3, -0.25) is 0 Å². The van der Waals surface area contributed by atoms with Gasteiger partial charge in [0.15, 0.2) is 0 Å². The van der Waals surface area contributed by atoms with Crippen molar-refractivity contribution in [1.29, 1.82) is 0 Å². The van der Waals surface area contributed by atoms with Crippen LogP contribution in [0, 0.1) is 0 Å². The van der Waals surface area contributed by atoms with Crippen LogP contribution < -0.4 is 4.74 Å². The third-order valence-electron chi connectivity index (χ3n) is 2.74. The highest BCUT2D eigenvalue weighted by molar-refractivity contribution is 5.98. The summed E-state index contributed by atoms with van der Waals surface area (Å²) in [4.78, 5) is 4.03. The van der Waals surface area contributed by atoms with Gasteiger partial charge in [-0.25, -0.2) is 4.99 Å². The van der Waals surface area contributed by atoms with Crippen LogP contribution in [-0.4, -0.2) is 19.5 Å². The SMILES string of the molecule is CCOc1ccc(C(=C=NC)c2ccccc2)cc1. The fourth-order valence-corrected chi connectivity index (χ4v) is 1.90. The van der Waals surface area contributed by atoms with Gasteiger partial charge in [-0.05, 0) is 48.2 Å². The standard InChI is InChI=1S/C17H17NO/c1-3-19-16-11-9-15(10-12-16)17(13-18-2)14-7-5-4-6-8-14/h4-12H,3H2,1-2H3. The molecule has 0 aromatic heterocycles. The summed E-state index contributed by atoms with van der Waals surface area (Å²) in [6.07, 6.45) is 0. The minimum atomic E-state index is 0.678. The Kier molecular flexibility index (Phi) is 4.54. The quantitative estimate of drug-likeness (QED) is 0.757. The van der Waals surface area contributed by atoms with Crippen LogP contribution in [0.3, 0.4) is 0 Å². The molecule has 0 saturated carbocycles. The van der Waals surface area contributed by atoms with Crippen LogP contribution in [0.15, 0.2) is 59.6 Å². The molecular weight excluding hydrogens is 234 g/mol. The normalized spacial score (nSPS) is 9.58. The molecule has 0 unspecified atom stereocenters. The zero-order valence-electron chi connectivity index (χ0n) is 11.3. The first-order chi connectivity index (χ1) is 9.35. The lowest BCUT2D eigenvalue weighted by atomic mass is 9.99. The van der Waals surface area contributed by atoms with Gasteiger partial charge in [-0.1, -0.05) is 30.3 Å². The molecule has 0 atom stereocenters. The van der Waals surface area contributed by atoms with Crippen LogP contribution in [0.4, 0.5) is 0 Å². The molecular formula is C17H17NO. The smallest absolute Gasteiger partial charge is 0.119 e. The van der Waals surface area contributed by atoms with Crippen molar-refractivity contribution in [3.8, 4) is 5.75 Å². The summed E-state index contributed by atoms with van der Waals surface area (Å²) in [5.41, 5.74) is 3.18. The van der Waals surface area contributed by atoms with Gasteiger partial charge in [0.05, 0.1) is 12.2 Å². The second-order valence-corrected chi connectivity index (χ2v) is 4.03. The Bertz CT molecular complexity index is 578. The third kappa shape index (κ3) is 3.34. The van der Waals surface area contributed by atoms with Gasteiger partial charge in [0.1, 0.15) is 5.75 Å². The molecule has 2 aromatic rings. The Balaban J connectivity index is 2.39. The molecule has 2 aromatic carbocycles. The first-order valence-electron chi connectivity index (χ1n) is 6.35. The third-order valence-corrected chi connectivity index (χ3v) is 2.74. The summed E-state index contributed by atoms with van der Waals surface area (Å²) in [5, 5.41) is 0. The van der Waals surface area contributed by atoms with E-state index in [1.165, 1.54) is 0 Å². The van der Waals surface area contributed by atoms with Gasteiger partial charge >= 0.3 is 0 Å². The molecule has 96 valence electrons. The van der Waals surface area contributed by atoms with E-state index < -0.39 is 0 Å². The lowest BCUT2D eigenvalue weighted by Gasteiger charge is -2.07. The predicted octanol–water partition coefficient (Wildman–Crippen LogP) is 3.82. The first kappa shape index (κ1) is 13.1. The molecule has 0 saturated heterocycles. The monoisotopic (exact) mass is 251 g/mol. The maximum absolute atomic E-state index is 5.45. The Morgan fingerprint density at radius 1 is 1.00 bits per heavy atom. The van der Waals surface area contributed by atoms with E-state index >= 15 is 0 Å². The molecule has 0 amide bonds. The maximum Gasteiger partial charge on any atom is 0.119 e. The van der Waals surface area contributed by atoms with E-state index in [-0.39, 0.29) is 0 Å². The summed E-state index contributed by atoms with van der Waals surface area (Å²) >= 11 is 0. The van der Waals surface area contributed by atoms with Crippen LogP contribution in [0.1, 0.15) is 18.1 Å². The van der Waals surface area contributed by atoms with Gasteiger partial charge < -0.3 is 4.74 Å². The van der Waals surface area contributed by atoms with E-state index in [0.29, 0.717) is 6.61 Å². The van der Waals surface area contributed by atoms with E-state index in [1.807, 2.05) is 49.4 Å². The van der Waals surface area contributed by atoms with Crippen molar-refractivity contribution in [2.75, 3.05) is 13.7 Å². The zero-order valence-corrected chi connectivity index (χ0v) is 11.3. The van der Waals surface area contributed by atoms with E-state index in [0.717, 1.165) is 22.4 Å². The van der Waals surface area contributed by atoms with E-state index in [2.05, 4.69) is 23.0 Å². The van der Waals surface area contributed by atoms with Crippen molar-refractivity contribution in [3.05, 3.63) is 65.7 Å². The Morgan fingerprint density at radius 3 is 2.21 bits per heavy atom. The van der Waals surface area contributed by atoms with E-state index in [1.54, 1.807) is 7.05 Å². The fourth-order valence-electron chi connectivity index (χ4n) is 1.90. The molecule has 0 aliphatic rings. The molecule has 0 heterocycles. The van der Waals surface area contributed by atoms with Crippen LogP contribution in [-0.2, 0) is 0 Å². The summed E-state index contributed by atoms with van der Waals surface area (Å²) in [6.45, 7) is 2.66. The number of hydrogen-bond acceptors (Lipinski definition) is 2. The van der Waals surface area contributed by atoms with Crippen molar-refractivity contribution in [1.82, 2.24) is 0 Å². The number of benzene rings is 2. The molecule has 2 heteroatoms. The minimum Gasteiger partial charge on any atom is -0.494 e. The van der Waals surface area contributed by atoms with Crippen LogP contribution in [0.2, 0.25) is 0 Å². The largest absolute Gasteiger partial charge is 0.494 e. The highest BCUT2D eigenvalue weighted by Crippen LogP contribution is 2.23. The molecule has 0 aliphatic heterocycles. The molecule has 0 N–H and O–H groups in total. The molecule has 0 spiro atoms. The first-order valence-corrected chi connectivity index (χ1v) is 6.35. The molecule has 2 nitrogen and oxygen atoms in total. The topological polar surface area (TPSA) is 21.6 Å². The van der Waals surface area contributed by atoms with Crippen molar-refractivity contribution >= 4 is 11.4 Å². The lowest BCUT2D eigenvalue weighted by molar-refractivity contribution is 0.340. The second-order valence-electron chi connectivity index (χ2n) is 4.03. The zero-order chi connectivity index (χ0) is 13.5. The average Bonchev–Trinajstić information content (AvgIpc) is 2.47. The molecule has 0 aliphatic carbocycles. The molecule has 0 bridgehead atoms. The molecule has 19 heavy (non-hydrogen) atoms. The molecule has 2 rings (SSSR count). The fraction of sp³-hybridized carbons (Fsp3) is 0.176. The number of hydrogen-bond donors (Lipinski definition) is 0. The van der Waals surface area contributed by atoms with Crippen molar-refractivity contribution in [2.24, 2.45) is 4.99 Å². The number of nitrogens with zero attached hydrogens (tertiary/aromatic N) is 1. The predicted molar refractivity (Wildman–Crippen MR) is 79.9 cm³/mol. The van der Waals surface area contributed by atoms with Gasteiger partial charge in [0, 0.05) is 7.05 Å². The highest BCUT2D eigenvalue weighted by Gasteiger charge is 2.04. The van der Waals surface area contributed by atoms with Crippen LogP contribution >= 0.6 is 0 Å². The summed E-state index contributed by atoms with van der Waals surface area (Å²) < 4.78 is 5.45. The summed E-state index contributed by atoms with van der Waals surface area (Å²) in [5.74, 6) is 3.95. The van der Waals surface area contributed by atoms with Crippen LogP contribution in [0.25, 0.3) is 5.57 Å². The Labute approximate surface area is 114 Å². The minimum absolute atomic E-state index is 0.678. The van der Waals surface area contributed by atoms with Gasteiger partial charge in [-0.15, -0.1) is 0 Å². The second kappa shape index (κ2) is 6.58. The maximum atomic E-state index is 5.45. The Hall–Kier alpha value is -2.31. The van der Waals surface area contributed by atoms with Crippen LogP contribution in [0.5, 0.6) is 5.75 Å². The number of ether oxygens (including phenoxy) is 1.